The van der Waals surface area contributed by atoms with Crippen LogP contribution in [0.5, 0.6) is 0 Å². The molecule has 3 heteroatoms. The summed E-state index contributed by atoms with van der Waals surface area (Å²) < 4.78 is 0. The topological polar surface area (TPSA) is 57.9 Å². The van der Waals surface area contributed by atoms with E-state index in [2.05, 4.69) is 0 Å². The number of benzene rings is 1. The van der Waals surface area contributed by atoms with Gasteiger partial charge in [-0.05, 0) is 24.3 Å². The zero-order chi connectivity index (χ0) is 11.5. The Hall–Kier alpha value is -2.47. The van der Waals surface area contributed by atoms with Gasteiger partial charge in [-0.2, -0.15) is 5.26 Å². The van der Waals surface area contributed by atoms with E-state index >= 15 is 0 Å². The van der Waals surface area contributed by atoms with E-state index in [0.29, 0.717) is 11.1 Å². The van der Waals surface area contributed by atoms with Gasteiger partial charge in [0.25, 0.3) is 0 Å². The molecule has 0 amide bonds. The Labute approximate surface area is 92.3 Å². The lowest BCUT2D eigenvalue weighted by Gasteiger charge is -2.08. The molecule has 76 valence electrons. The van der Waals surface area contributed by atoms with E-state index in [4.69, 9.17) is 5.26 Å². The van der Waals surface area contributed by atoms with Crippen molar-refractivity contribution >= 4 is 17.1 Å². The summed E-state index contributed by atoms with van der Waals surface area (Å²) in [6.07, 6.45) is 3.71. The monoisotopic (exact) mass is 209 g/mol. The zero-order valence-electron chi connectivity index (χ0n) is 8.31. The van der Waals surface area contributed by atoms with Crippen LogP contribution in [0.3, 0.4) is 0 Å². The van der Waals surface area contributed by atoms with Crippen LogP contribution >= 0.6 is 0 Å². The summed E-state index contributed by atoms with van der Waals surface area (Å²) in [5.74, 6) is -0.482. The summed E-state index contributed by atoms with van der Waals surface area (Å²) in [6.45, 7) is 0. The number of hydrogen-bond acceptors (Lipinski definition) is 3. The number of allylic oxidation sites excluding steroid dienone is 4. The van der Waals surface area contributed by atoms with E-state index in [1.165, 1.54) is 18.2 Å². The lowest BCUT2D eigenvalue weighted by Crippen LogP contribution is -2.07. The summed E-state index contributed by atoms with van der Waals surface area (Å²) in [5, 5.41) is 8.91. The highest BCUT2D eigenvalue weighted by atomic mass is 16.1. The molecule has 16 heavy (non-hydrogen) atoms. The summed E-state index contributed by atoms with van der Waals surface area (Å²) in [4.78, 5) is 22.8. The van der Waals surface area contributed by atoms with Crippen LogP contribution in [-0.4, -0.2) is 11.6 Å². The van der Waals surface area contributed by atoms with Crippen LogP contribution in [0.4, 0.5) is 0 Å². The van der Waals surface area contributed by atoms with Gasteiger partial charge in [0.2, 0.25) is 0 Å². The van der Waals surface area contributed by atoms with Crippen molar-refractivity contribution in [3.05, 3.63) is 53.6 Å². The molecule has 0 spiro atoms. The van der Waals surface area contributed by atoms with Gasteiger partial charge < -0.3 is 0 Å². The fraction of sp³-hybridized carbons (Fsp3) is 0. The predicted octanol–water partition coefficient (Wildman–Crippen LogP) is 1.65. The van der Waals surface area contributed by atoms with Crippen molar-refractivity contribution in [3.63, 3.8) is 0 Å². The van der Waals surface area contributed by atoms with E-state index in [9.17, 15) is 9.59 Å². The third-order valence-electron chi connectivity index (χ3n) is 2.29. The van der Waals surface area contributed by atoms with Gasteiger partial charge >= 0.3 is 0 Å². The molecular weight excluding hydrogens is 202 g/mol. The van der Waals surface area contributed by atoms with Gasteiger partial charge in [0, 0.05) is 11.1 Å². The molecule has 0 atom stereocenters. The first-order valence-electron chi connectivity index (χ1n) is 4.70. The van der Waals surface area contributed by atoms with Gasteiger partial charge in [-0.15, -0.1) is 0 Å². The van der Waals surface area contributed by atoms with Crippen molar-refractivity contribution in [1.82, 2.24) is 0 Å². The van der Waals surface area contributed by atoms with Crippen LogP contribution in [-0.2, 0) is 9.59 Å². The van der Waals surface area contributed by atoms with E-state index in [1.807, 2.05) is 6.07 Å². The second-order valence-electron chi connectivity index (χ2n) is 3.32. The molecule has 2 rings (SSSR count). The summed E-state index contributed by atoms with van der Waals surface area (Å²) in [5.41, 5.74) is 1.18. The largest absolute Gasteiger partial charge is 0.290 e. The molecule has 0 aliphatic heterocycles. The Balaban J connectivity index is 2.57. The molecule has 0 N–H and O–H groups in total. The van der Waals surface area contributed by atoms with Gasteiger partial charge in [-0.25, -0.2) is 0 Å². The fourth-order valence-corrected chi connectivity index (χ4v) is 1.54. The number of nitriles is 1. The third kappa shape index (κ3) is 1.69. The van der Waals surface area contributed by atoms with E-state index in [0.717, 1.165) is 0 Å². The first kappa shape index (κ1) is 10.1. The molecule has 0 heterocycles. The number of hydrogen-bond donors (Lipinski definition) is 0. The Morgan fingerprint density at radius 2 is 1.81 bits per heavy atom. The second kappa shape index (κ2) is 3.95. The molecular formula is C13H7NO2. The molecule has 0 bridgehead atoms. The number of rotatable bonds is 1. The number of ketones is 2. The van der Waals surface area contributed by atoms with Crippen molar-refractivity contribution < 1.29 is 9.59 Å². The molecule has 0 unspecified atom stereocenters. The molecule has 3 nitrogen and oxygen atoms in total. The number of carbonyl (C=O) groups is 2. The van der Waals surface area contributed by atoms with Crippen molar-refractivity contribution in [3.8, 4) is 6.07 Å². The average Bonchev–Trinajstić information content (AvgIpc) is 2.32. The standard InChI is InChI=1S/C13H7NO2/c14-8-9-3-1-2-4-11(9)12-7-10(15)5-6-13(12)16/h1-7H. The Morgan fingerprint density at radius 3 is 2.56 bits per heavy atom. The van der Waals surface area contributed by atoms with Crippen molar-refractivity contribution in [2.75, 3.05) is 0 Å². The first-order valence-corrected chi connectivity index (χ1v) is 4.70. The molecule has 0 saturated carbocycles. The molecule has 0 saturated heterocycles. The highest BCUT2D eigenvalue weighted by Crippen LogP contribution is 2.22. The minimum atomic E-state index is -0.248. The van der Waals surface area contributed by atoms with Crippen molar-refractivity contribution in [2.24, 2.45) is 0 Å². The van der Waals surface area contributed by atoms with Crippen molar-refractivity contribution in [1.29, 1.82) is 5.26 Å². The molecule has 1 aliphatic carbocycles. The molecule has 1 aromatic carbocycles. The van der Waals surface area contributed by atoms with Crippen LogP contribution in [0.1, 0.15) is 11.1 Å². The molecule has 1 aromatic rings. The van der Waals surface area contributed by atoms with Crippen LogP contribution < -0.4 is 0 Å². The molecule has 0 fully saturated rings. The maximum absolute atomic E-state index is 11.6. The highest BCUT2D eigenvalue weighted by molar-refractivity contribution is 6.34. The number of nitrogens with zero attached hydrogens (tertiary/aromatic N) is 1. The molecule has 0 aromatic heterocycles. The quantitative estimate of drug-likeness (QED) is 0.661. The average molecular weight is 209 g/mol. The van der Waals surface area contributed by atoms with Crippen molar-refractivity contribution in [2.45, 2.75) is 0 Å². The van der Waals surface area contributed by atoms with E-state index in [1.54, 1.807) is 24.3 Å². The SMILES string of the molecule is N#Cc1ccccc1C1=CC(=O)C=CC1=O. The minimum Gasteiger partial charge on any atom is -0.290 e. The second-order valence-corrected chi connectivity index (χ2v) is 3.32. The molecule has 0 radical (unpaired) electrons. The summed E-state index contributed by atoms with van der Waals surface area (Å²) in [7, 11) is 0. The van der Waals surface area contributed by atoms with Gasteiger partial charge in [0.15, 0.2) is 11.6 Å². The summed E-state index contributed by atoms with van der Waals surface area (Å²) in [6, 6.07) is 8.72. The van der Waals surface area contributed by atoms with Gasteiger partial charge in [-0.1, -0.05) is 18.2 Å². The van der Waals surface area contributed by atoms with Crippen LogP contribution in [0.15, 0.2) is 42.5 Å². The van der Waals surface area contributed by atoms with Crippen LogP contribution in [0.25, 0.3) is 5.57 Å². The van der Waals surface area contributed by atoms with Crippen LogP contribution in [0, 0.1) is 11.3 Å². The Bertz CT molecular complexity index is 574. The van der Waals surface area contributed by atoms with Gasteiger partial charge in [-0.3, -0.25) is 9.59 Å². The van der Waals surface area contributed by atoms with Crippen LogP contribution in [0.2, 0.25) is 0 Å². The molecule has 1 aliphatic rings. The third-order valence-corrected chi connectivity index (χ3v) is 2.29. The van der Waals surface area contributed by atoms with Gasteiger partial charge in [0.05, 0.1) is 11.6 Å². The Morgan fingerprint density at radius 1 is 1.06 bits per heavy atom. The van der Waals surface area contributed by atoms with E-state index in [-0.39, 0.29) is 17.1 Å². The fourth-order valence-electron chi connectivity index (χ4n) is 1.54. The maximum Gasteiger partial charge on any atom is 0.186 e. The zero-order valence-corrected chi connectivity index (χ0v) is 8.31. The lowest BCUT2D eigenvalue weighted by atomic mass is 9.93. The number of carbonyl (C=O) groups excluding carboxylic acids is 2. The minimum absolute atomic E-state index is 0.234. The normalized spacial score (nSPS) is 14.6. The Kier molecular flexibility index (Phi) is 2.49. The highest BCUT2D eigenvalue weighted by Gasteiger charge is 2.17. The summed E-state index contributed by atoms with van der Waals surface area (Å²) >= 11 is 0. The van der Waals surface area contributed by atoms with E-state index < -0.39 is 0 Å². The van der Waals surface area contributed by atoms with Gasteiger partial charge in [0.1, 0.15) is 0 Å². The predicted molar refractivity (Wildman–Crippen MR) is 58.3 cm³/mol. The lowest BCUT2D eigenvalue weighted by molar-refractivity contribution is -0.113. The smallest absolute Gasteiger partial charge is 0.186 e. The maximum atomic E-state index is 11.6. The first-order chi connectivity index (χ1) is 7.72.